The Morgan fingerprint density at radius 2 is 1.74 bits per heavy atom. The summed E-state index contributed by atoms with van der Waals surface area (Å²) in [6.07, 6.45) is 6.02. The van der Waals surface area contributed by atoms with Crippen LogP contribution in [0.4, 0.5) is 0 Å². The summed E-state index contributed by atoms with van der Waals surface area (Å²) in [6, 6.07) is 5.87. The standard InChI is InChI=1S/C20H30N4O.C2H6/c1-4-11-24(12-5-2)13-7-6-10-21-20(25)19-15-22-18-14-16(3)8-9-17(18)23-19;1-2/h8-9,14-15H,4-7,10-13H2,1-3H3,(H,21,25);1-2H3. The number of aromatic nitrogens is 2. The van der Waals surface area contributed by atoms with Gasteiger partial charge in [0.25, 0.3) is 5.91 Å². The molecule has 1 N–H and O–H groups in total. The number of nitrogens with zero attached hydrogens (tertiary/aromatic N) is 3. The Kier molecular flexibility index (Phi) is 11.3. The average Bonchev–Trinajstić information content (AvgIpc) is 2.69. The van der Waals surface area contributed by atoms with Crippen LogP contribution in [0.25, 0.3) is 11.0 Å². The SMILES string of the molecule is CC.CCCN(CCC)CCCCNC(=O)c1cnc2cc(C)ccc2n1. The molecular weight excluding hydrogens is 336 g/mol. The summed E-state index contributed by atoms with van der Waals surface area (Å²) in [5.41, 5.74) is 3.10. The van der Waals surface area contributed by atoms with E-state index in [9.17, 15) is 4.79 Å². The Hall–Kier alpha value is -2.01. The van der Waals surface area contributed by atoms with Crippen molar-refractivity contribution in [2.45, 2.75) is 60.3 Å². The van der Waals surface area contributed by atoms with E-state index in [1.54, 1.807) is 6.20 Å². The first-order chi connectivity index (χ1) is 13.1. The van der Waals surface area contributed by atoms with E-state index >= 15 is 0 Å². The zero-order valence-electron chi connectivity index (χ0n) is 17.7. The molecule has 0 atom stereocenters. The van der Waals surface area contributed by atoms with Crippen LogP contribution in [-0.4, -0.2) is 47.0 Å². The molecule has 0 saturated carbocycles. The van der Waals surface area contributed by atoms with E-state index in [4.69, 9.17) is 0 Å². The zero-order chi connectivity index (χ0) is 20.1. The number of fused-ring (bicyclic) bond motifs is 1. The number of aryl methyl sites for hydroxylation is 1. The van der Waals surface area contributed by atoms with Crippen molar-refractivity contribution in [3.63, 3.8) is 0 Å². The molecule has 27 heavy (non-hydrogen) atoms. The Labute approximate surface area is 164 Å². The summed E-state index contributed by atoms with van der Waals surface area (Å²) < 4.78 is 0. The summed E-state index contributed by atoms with van der Waals surface area (Å²) in [6.45, 7) is 14.6. The second kappa shape index (κ2) is 13.2. The third-order valence-corrected chi connectivity index (χ3v) is 4.20. The highest BCUT2D eigenvalue weighted by Crippen LogP contribution is 2.11. The lowest BCUT2D eigenvalue weighted by Crippen LogP contribution is -2.29. The van der Waals surface area contributed by atoms with Gasteiger partial charge in [-0.05, 0) is 69.9 Å². The highest BCUT2D eigenvalue weighted by atomic mass is 16.1. The van der Waals surface area contributed by atoms with Crippen molar-refractivity contribution in [2.75, 3.05) is 26.2 Å². The molecule has 1 amide bonds. The first-order valence-corrected chi connectivity index (χ1v) is 10.4. The highest BCUT2D eigenvalue weighted by Gasteiger charge is 2.09. The predicted octanol–water partition coefficient (Wildman–Crippen LogP) is 4.60. The molecule has 2 aromatic rings. The van der Waals surface area contributed by atoms with E-state index in [1.807, 2.05) is 39.0 Å². The summed E-state index contributed by atoms with van der Waals surface area (Å²) in [5, 5.41) is 2.95. The molecule has 0 aliphatic heterocycles. The van der Waals surface area contributed by atoms with Crippen LogP contribution in [-0.2, 0) is 0 Å². The van der Waals surface area contributed by atoms with Crippen LogP contribution in [0.1, 0.15) is 69.4 Å². The Bertz CT molecular complexity index is 681. The van der Waals surface area contributed by atoms with Gasteiger partial charge in [0.05, 0.1) is 17.2 Å². The monoisotopic (exact) mass is 372 g/mol. The molecule has 0 saturated heterocycles. The third kappa shape index (κ3) is 8.04. The normalized spacial score (nSPS) is 10.6. The van der Waals surface area contributed by atoms with Crippen molar-refractivity contribution in [3.05, 3.63) is 35.7 Å². The molecule has 5 nitrogen and oxygen atoms in total. The summed E-state index contributed by atoms with van der Waals surface area (Å²) >= 11 is 0. The fraction of sp³-hybridized carbons (Fsp3) is 0.591. The number of benzene rings is 1. The average molecular weight is 373 g/mol. The third-order valence-electron chi connectivity index (χ3n) is 4.20. The molecule has 0 unspecified atom stereocenters. The number of hydrogen-bond acceptors (Lipinski definition) is 4. The molecule has 0 spiro atoms. The van der Waals surface area contributed by atoms with Crippen molar-refractivity contribution in [1.29, 1.82) is 0 Å². The second-order valence-electron chi connectivity index (χ2n) is 6.55. The van der Waals surface area contributed by atoms with Gasteiger partial charge in [-0.25, -0.2) is 4.98 Å². The van der Waals surface area contributed by atoms with E-state index in [-0.39, 0.29) is 5.91 Å². The molecule has 0 radical (unpaired) electrons. The van der Waals surface area contributed by atoms with Gasteiger partial charge in [0.15, 0.2) is 0 Å². The maximum absolute atomic E-state index is 12.2. The number of carbonyl (C=O) groups is 1. The van der Waals surface area contributed by atoms with Gasteiger partial charge in [-0.15, -0.1) is 0 Å². The van der Waals surface area contributed by atoms with Crippen molar-refractivity contribution in [1.82, 2.24) is 20.2 Å². The van der Waals surface area contributed by atoms with Crippen molar-refractivity contribution >= 4 is 16.9 Å². The molecule has 0 aliphatic rings. The second-order valence-corrected chi connectivity index (χ2v) is 6.55. The molecular formula is C22H36N4O. The number of hydrogen-bond donors (Lipinski definition) is 1. The molecule has 0 aliphatic carbocycles. The first-order valence-electron chi connectivity index (χ1n) is 10.4. The Morgan fingerprint density at radius 3 is 2.41 bits per heavy atom. The van der Waals surface area contributed by atoms with E-state index in [1.165, 1.54) is 12.8 Å². The summed E-state index contributed by atoms with van der Waals surface area (Å²) in [5.74, 6) is -0.144. The molecule has 1 aromatic heterocycles. The number of rotatable bonds is 10. The minimum absolute atomic E-state index is 0.144. The molecule has 0 bridgehead atoms. The van der Waals surface area contributed by atoms with Crippen LogP contribution in [0.3, 0.4) is 0 Å². The van der Waals surface area contributed by atoms with E-state index < -0.39 is 0 Å². The van der Waals surface area contributed by atoms with E-state index in [0.717, 1.165) is 49.1 Å². The van der Waals surface area contributed by atoms with Gasteiger partial charge >= 0.3 is 0 Å². The van der Waals surface area contributed by atoms with Crippen LogP contribution in [0.5, 0.6) is 0 Å². The number of nitrogens with one attached hydrogen (secondary N) is 1. The highest BCUT2D eigenvalue weighted by molar-refractivity contribution is 5.93. The molecule has 5 heteroatoms. The van der Waals surface area contributed by atoms with Gasteiger partial charge in [-0.1, -0.05) is 33.8 Å². The number of unbranched alkanes of at least 4 members (excludes halogenated alkanes) is 1. The van der Waals surface area contributed by atoms with Crippen LogP contribution in [0.2, 0.25) is 0 Å². The summed E-state index contributed by atoms with van der Waals surface area (Å²) in [4.78, 5) is 23.5. The summed E-state index contributed by atoms with van der Waals surface area (Å²) in [7, 11) is 0. The quantitative estimate of drug-likeness (QED) is 0.619. The maximum Gasteiger partial charge on any atom is 0.271 e. The van der Waals surface area contributed by atoms with Gasteiger partial charge in [-0.3, -0.25) is 9.78 Å². The van der Waals surface area contributed by atoms with Crippen molar-refractivity contribution in [3.8, 4) is 0 Å². The van der Waals surface area contributed by atoms with Crippen LogP contribution < -0.4 is 5.32 Å². The fourth-order valence-electron chi connectivity index (χ4n) is 2.95. The zero-order valence-corrected chi connectivity index (χ0v) is 17.7. The molecule has 1 heterocycles. The smallest absolute Gasteiger partial charge is 0.271 e. The largest absolute Gasteiger partial charge is 0.351 e. The predicted molar refractivity (Wildman–Crippen MR) is 114 cm³/mol. The van der Waals surface area contributed by atoms with Gasteiger partial charge in [0.2, 0.25) is 0 Å². The maximum atomic E-state index is 12.2. The van der Waals surface area contributed by atoms with Crippen molar-refractivity contribution in [2.24, 2.45) is 0 Å². The van der Waals surface area contributed by atoms with Crippen LogP contribution in [0.15, 0.2) is 24.4 Å². The van der Waals surface area contributed by atoms with Crippen LogP contribution in [0, 0.1) is 6.92 Å². The molecule has 2 rings (SSSR count). The van der Waals surface area contributed by atoms with E-state index in [2.05, 4.69) is 34.0 Å². The number of amides is 1. The van der Waals surface area contributed by atoms with Crippen LogP contribution >= 0.6 is 0 Å². The lowest BCUT2D eigenvalue weighted by molar-refractivity contribution is 0.0947. The van der Waals surface area contributed by atoms with Gasteiger partial charge < -0.3 is 10.2 Å². The molecule has 0 fully saturated rings. The lowest BCUT2D eigenvalue weighted by atomic mass is 10.2. The Balaban J connectivity index is 0.00000176. The number of carbonyl (C=O) groups excluding carboxylic acids is 1. The topological polar surface area (TPSA) is 58.1 Å². The minimum atomic E-state index is -0.144. The van der Waals surface area contributed by atoms with Gasteiger partial charge in [-0.2, -0.15) is 0 Å². The first kappa shape index (κ1) is 23.0. The van der Waals surface area contributed by atoms with E-state index in [0.29, 0.717) is 12.2 Å². The fourth-order valence-corrected chi connectivity index (χ4v) is 2.95. The van der Waals surface area contributed by atoms with Gasteiger partial charge in [0, 0.05) is 6.54 Å². The van der Waals surface area contributed by atoms with Gasteiger partial charge in [0.1, 0.15) is 5.69 Å². The lowest BCUT2D eigenvalue weighted by Gasteiger charge is -2.20. The molecule has 1 aromatic carbocycles. The Morgan fingerprint density at radius 1 is 1.04 bits per heavy atom. The molecule has 150 valence electrons. The van der Waals surface area contributed by atoms with Crippen molar-refractivity contribution < 1.29 is 4.79 Å². The minimum Gasteiger partial charge on any atom is -0.351 e.